The van der Waals surface area contributed by atoms with Crippen LogP contribution in [0.5, 0.6) is 5.75 Å². The van der Waals surface area contributed by atoms with Crippen LogP contribution in [0.3, 0.4) is 0 Å². The van der Waals surface area contributed by atoms with Gasteiger partial charge in [-0.05, 0) is 30.2 Å². The van der Waals surface area contributed by atoms with Crippen LogP contribution in [0.15, 0.2) is 53.9 Å². The van der Waals surface area contributed by atoms with Crippen molar-refractivity contribution >= 4 is 22.9 Å². The quantitative estimate of drug-likeness (QED) is 0.754. The molecule has 4 nitrogen and oxygen atoms in total. The topological polar surface area (TPSA) is 51.2 Å². The van der Waals surface area contributed by atoms with Crippen molar-refractivity contribution in [2.45, 2.75) is 13.3 Å². The zero-order chi connectivity index (χ0) is 16.9. The Morgan fingerprint density at radius 1 is 1.21 bits per heavy atom. The first-order chi connectivity index (χ1) is 11.7. The van der Waals surface area contributed by atoms with Gasteiger partial charge in [0.15, 0.2) is 0 Å². The van der Waals surface area contributed by atoms with E-state index in [0.29, 0.717) is 17.1 Å². The van der Waals surface area contributed by atoms with Gasteiger partial charge in [-0.1, -0.05) is 36.4 Å². The standard InChI is InChI=1S/C19H18N2O2S/c1-13-8-9-17(23-2)15(10-13)21-19(22)16-12-24-18(20-16)11-14-6-4-3-5-7-14/h3-10,12H,11H2,1-2H3,(H,21,22). The number of thiazole rings is 1. The number of aryl methyl sites for hydroxylation is 1. The van der Waals surface area contributed by atoms with E-state index in [-0.39, 0.29) is 5.91 Å². The SMILES string of the molecule is COc1ccc(C)cc1NC(=O)c1csc(Cc2ccccc2)n1. The van der Waals surface area contributed by atoms with Crippen LogP contribution in [0.25, 0.3) is 0 Å². The molecule has 0 spiro atoms. The molecule has 24 heavy (non-hydrogen) atoms. The van der Waals surface area contributed by atoms with E-state index >= 15 is 0 Å². The summed E-state index contributed by atoms with van der Waals surface area (Å²) in [5.74, 6) is 0.406. The van der Waals surface area contributed by atoms with Gasteiger partial charge in [-0.2, -0.15) is 0 Å². The van der Waals surface area contributed by atoms with Crippen molar-refractivity contribution in [3.8, 4) is 5.75 Å². The minimum absolute atomic E-state index is 0.227. The summed E-state index contributed by atoms with van der Waals surface area (Å²) >= 11 is 1.49. The molecule has 0 saturated heterocycles. The number of hydrogen-bond donors (Lipinski definition) is 1. The molecule has 3 rings (SSSR count). The summed E-state index contributed by atoms with van der Waals surface area (Å²) in [7, 11) is 1.58. The molecule has 0 aliphatic rings. The molecule has 1 N–H and O–H groups in total. The second-order valence-electron chi connectivity index (χ2n) is 5.45. The van der Waals surface area contributed by atoms with Gasteiger partial charge in [0.2, 0.25) is 0 Å². The van der Waals surface area contributed by atoms with Crippen LogP contribution in [0.2, 0.25) is 0 Å². The number of carbonyl (C=O) groups excluding carboxylic acids is 1. The van der Waals surface area contributed by atoms with E-state index < -0.39 is 0 Å². The van der Waals surface area contributed by atoms with E-state index in [0.717, 1.165) is 17.0 Å². The molecule has 1 heterocycles. The van der Waals surface area contributed by atoms with Gasteiger partial charge >= 0.3 is 0 Å². The molecule has 0 aliphatic carbocycles. The first-order valence-electron chi connectivity index (χ1n) is 7.60. The molecule has 1 aromatic heterocycles. The largest absolute Gasteiger partial charge is 0.495 e. The number of nitrogens with one attached hydrogen (secondary N) is 1. The van der Waals surface area contributed by atoms with Crippen LogP contribution in [-0.4, -0.2) is 18.0 Å². The number of anilines is 1. The molecular formula is C19H18N2O2S. The third kappa shape index (κ3) is 3.81. The average molecular weight is 338 g/mol. The lowest BCUT2D eigenvalue weighted by Gasteiger charge is -2.10. The maximum Gasteiger partial charge on any atom is 0.275 e. The Kier molecular flexibility index (Phi) is 4.91. The number of hydrogen-bond acceptors (Lipinski definition) is 4. The van der Waals surface area contributed by atoms with Crippen molar-refractivity contribution < 1.29 is 9.53 Å². The van der Waals surface area contributed by atoms with Gasteiger partial charge in [0.25, 0.3) is 5.91 Å². The van der Waals surface area contributed by atoms with Crippen LogP contribution in [0.4, 0.5) is 5.69 Å². The third-order valence-electron chi connectivity index (χ3n) is 3.59. The Labute approximate surface area is 145 Å². The van der Waals surface area contributed by atoms with E-state index in [1.165, 1.54) is 16.9 Å². The summed E-state index contributed by atoms with van der Waals surface area (Å²) in [6, 6.07) is 15.8. The van der Waals surface area contributed by atoms with Gasteiger partial charge in [0.05, 0.1) is 17.8 Å². The van der Waals surface area contributed by atoms with Gasteiger partial charge in [0, 0.05) is 11.8 Å². The van der Waals surface area contributed by atoms with Gasteiger partial charge in [-0.3, -0.25) is 4.79 Å². The maximum atomic E-state index is 12.4. The highest BCUT2D eigenvalue weighted by Gasteiger charge is 2.13. The van der Waals surface area contributed by atoms with Crippen LogP contribution in [0, 0.1) is 6.92 Å². The van der Waals surface area contributed by atoms with Crippen LogP contribution in [-0.2, 0) is 6.42 Å². The first kappa shape index (κ1) is 16.2. The number of amides is 1. The summed E-state index contributed by atoms with van der Waals surface area (Å²) in [5.41, 5.74) is 3.31. The zero-order valence-electron chi connectivity index (χ0n) is 13.6. The summed E-state index contributed by atoms with van der Waals surface area (Å²) in [5, 5.41) is 5.58. The number of aromatic nitrogens is 1. The summed E-state index contributed by atoms with van der Waals surface area (Å²) in [4.78, 5) is 16.9. The molecule has 0 bridgehead atoms. The van der Waals surface area contributed by atoms with Crippen molar-refractivity contribution in [2.24, 2.45) is 0 Å². The molecule has 122 valence electrons. The highest BCUT2D eigenvalue weighted by molar-refractivity contribution is 7.09. The molecule has 2 aromatic carbocycles. The third-order valence-corrected chi connectivity index (χ3v) is 4.43. The highest BCUT2D eigenvalue weighted by atomic mass is 32.1. The Balaban J connectivity index is 1.73. The lowest BCUT2D eigenvalue weighted by molar-refractivity contribution is 0.102. The van der Waals surface area contributed by atoms with Crippen LogP contribution < -0.4 is 10.1 Å². The predicted molar refractivity (Wildman–Crippen MR) is 97.0 cm³/mol. The smallest absolute Gasteiger partial charge is 0.275 e. The van der Waals surface area contributed by atoms with E-state index in [2.05, 4.69) is 22.4 Å². The number of rotatable bonds is 5. The lowest BCUT2D eigenvalue weighted by Crippen LogP contribution is -2.13. The van der Waals surface area contributed by atoms with Gasteiger partial charge in [-0.25, -0.2) is 4.98 Å². The first-order valence-corrected chi connectivity index (χ1v) is 8.48. The van der Waals surface area contributed by atoms with Crippen molar-refractivity contribution in [2.75, 3.05) is 12.4 Å². The molecular weight excluding hydrogens is 320 g/mol. The van der Waals surface area contributed by atoms with Gasteiger partial charge in [0.1, 0.15) is 11.4 Å². The van der Waals surface area contributed by atoms with Crippen molar-refractivity contribution in [1.82, 2.24) is 4.98 Å². The fourth-order valence-corrected chi connectivity index (χ4v) is 3.18. The van der Waals surface area contributed by atoms with E-state index in [9.17, 15) is 4.79 Å². The summed E-state index contributed by atoms with van der Waals surface area (Å²) < 4.78 is 5.29. The van der Waals surface area contributed by atoms with E-state index in [4.69, 9.17) is 4.74 Å². The molecule has 0 saturated carbocycles. The molecule has 0 fully saturated rings. The van der Waals surface area contributed by atoms with Crippen molar-refractivity contribution in [3.05, 3.63) is 75.7 Å². The van der Waals surface area contributed by atoms with Crippen molar-refractivity contribution in [1.29, 1.82) is 0 Å². The minimum atomic E-state index is -0.227. The second kappa shape index (κ2) is 7.27. The van der Waals surface area contributed by atoms with E-state index in [1.54, 1.807) is 12.5 Å². The summed E-state index contributed by atoms with van der Waals surface area (Å²) in [6.45, 7) is 1.97. The van der Waals surface area contributed by atoms with E-state index in [1.807, 2.05) is 43.3 Å². The Morgan fingerprint density at radius 2 is 2.00 bits per heavy atom. The van der Waals surface area contributed by atoms with Crippen molar-refractivity contribution in [3.63, 3.8) is 0 Å². The Bertz CT molecular complexity index is 844. The number of nitrogens with zero attached hydrogens (tertiary/aromatic N) is 1. The monoisotopic (exact) mass is 338 g/mol. The number of ether oxygens (including phenoxy) is 1. The minimum Gasteiger partial charge on any atom is -0.495 e. The molecule has 0 atom stereocenters. The fraction of sp³-hybridized carbons (Fsp3) is 0.158. The molecule has 0 unspecified atom stereocenters. The number of carbonyl (C=O) groups is 1. The molecule has 0 aliphatic heterocycles. The Morgan fingerprint density at radius 3 is 2.75 bits per heavy atom. The lowest BCUT2D eigenvalue weighted by atomic mass is 10.2. The normalized spacial score (nSPS) is 10.4. The van der Waals surface area contributed by atoms with Gasteiger partial charge < -0.3 is 10.1 Å². The highest BCUT2D eigenvalue weighted by Crippen LogP contribution is 2.26. The van der Waals surface area contributed by atoms with Gasteiger partial charge in [-0.15, -0.1) is 11.3 Å². The van der Waals surface area contributed by atoms with Crippen LogP contribution in [0.1, 0.15) is 26.6 Å². The molecule has 3 aromatic rings. The molecule has 5 heteroatoms. The average Bonchev–Trinajstić information content (AvgIpc) is 3.05. The zero-order valence-corrected chi connectivity index (χ0v) is 14.4. The predicted octanol–water partition coefficient (Wildman–Crippen LogP) is 4.30. The van der Waals surface area contributed by atoms with Crippen LogP contribution >= 0.6 is 11.3 Å². The Hall–Kier alpha value is -2.66. The molecule has 0 radical (unpaired) electrons. The second-order valence-corrected chi connectivity index (χ2v) is 6.39. The summed E-state index contributed by atoms with van der Waals surface area (Å²) in [6.07, 6.45) is 0.729. The maximum absolute atomic E-state index is 12.4. The number of benzene rings is 2. The number of methoxy groups -OCH3 is 1. The fourth-order valence-electron chi connectivity index (χ4n) is 2.37. The molecule has 1 amide bonds.